The number of nitrogens with one attached hydrogen (secondary N) is 1. The van der Waals surface area contributed by atoms with Crippen molar-refractivity contribution in [2.75, 3.05) is 6.54 Å². The van der Waals surface area contributed by atoms with Crippen molar-refractivity contribution in [1.82, 2.24) is 5.32 Å². The Morgan fingerprint density at radius 3 is 2.20 bits per heavy atom. The molecule has 1 aromatic rings. The second kappa shape index (κ2) is 9.99. The van der Waals surface area contributed by atoms with Crippen molar-refractivity contribution >= 4 is 0 Å². The summed E-state index contributed by atoms with van der Waals surface area (Å²) < 4.78 is 0. The van der Waals surface area contributed by atoms with E-state index in [1.807, 2.05) is 0 Å². The lowest BCUT2D eigenvalue weighted by Gasteiger charge is -2.23. The maximum atomic E-state index is 3.75. The lowest BCUT2D eigenvalue weighted by molar-refractivity contribution is 0.352. The van der Waals surface area contributed by atoms with E-state index in [1.165, 1.54) is 49.7 Å². The Bertz CT molecular complexity index is 337. The summed E-state index contributed by atoms with van der Waals surface area (Å²) in [7, 11) is 0. The molecule has 0 aromatic heterocycles. The average Bonchev–Trinajstić information content (AvgIpc) is 2.48. The quantitative estimate of drug-likeness (QED) is 0.625. The van der Waals surface area contributed by atoms with E-state index in [4.69, 9.17) is 0 Å². The predicted octanol–water partition coefficient (Wildman–Crippen LogP) is 5.12. The van der Waals surface area contributed by atoms with Gasteiger partial charge < -0.3 is 5.32 Å². The van der Waals surface area contributed by atoms with Crippen molar-refractivity contribution in [3.63, 3.8) is 0 Å². The third kappa shape index (κ3) is 6.56. The van der Waals surface area contributed by atoms with Crippen LogP contribution in [-0.2, 0) is 6.42 Å². The first-order valence-electron chi connectivity index (χ1n) is 8.48. The SMILES string of the molecule is CCCNC(CCc1ccc(C)cc1)CC(CC)CC. The van der Waals surface area contributed by atoms with E-state index in [0.717, 1.165) is 12.5 Å². The molecular weight excluding hydrogens is 242 g/mol. The minimum Gasteiger partial charge on any atom is -0.314 e. The van der Waals surface area contributed by atoms with Gasteiger partial charge in [0.1, 0.15) is 0 Å². The largest absolute Gasteiger partial charge is 0.314 e. The summed E-state index contributed by atoms with van der Waals surface area (Å²) >= 11 is 0. The van der Waals surface area contributed by atoms with Crippen LogP contribution in [-0.4, -0.2) is 12.6 Å². The van der Waals surface area contributed by atoms with Gasteiger partial charge in [-0.3, -0.25) is 0 Å². The molecule has 0 aliphatic rings. The first-order valence-corrected chi connectivity index (χ1v) is 8.48. The molecule has 1 rings (SSSR count). The van der Waals surface area contributed by atoms with Gasteiger partial charge in [0, 0.05) is 6.04 Å². The van der Waals surface area contributed by atoms with Crippen molar-refractivity contribution < 1.29 is 0 Å². The van der Waals surface area contributed by atoms with E-state index < -0.39 is 0 Å². The second-order valence-corrected chi connectivity index (χ2v) is 6.09. The van der Waals surface area contributed by atoms with E-state index in [-0.39, 0.29) is 0 Å². The fourth-order valence-electron chi connectivity index (χ4n) is 2.77. The summed E-state index contributed by atoms with van der Waals surface area (Å²) in [4.78, 5) is 0. The zero-order valence-corrected chi connectivity index (χ0v) is 13.9. The fourth-order valence-corrected chi connectivity index (χ4v) is 2.77. The molecule has 0 radical (unpaired) electrons. The highest BCUT2D eigenvalue weighted by atomic mass is 14.9. The summed E-state index contributed by atoms with van der Waals surface area (Å²) in [6.07, 6.45) is 7.64. The third-order valence-corrected chi connectivity index (χ3v) is 4.36. The number of hydrogen-bond acceptors (Lipinski definition) is 1. The van der Waals surface area contributed by atoms with Crippen molar-refractivity contribution in [3.8, 4) is 0 Å². The maximum absolute atomic E-state index is 3.75. The summed E-state index contributed by atoms with van der Waals surface area (Å²) in [5.74, 6) is 0.877. The molecular formula is C19H33N. The molecule has 0 heterocycles. The molecule has 1 aromatic carbocycles. The normalized spacial score (nSPS) is 12.8. The van der Waals surface area contributed by atoms with Crippen molar-refractivity contribution in [2.45, 2.75) is 72.3 Å². The molecule has 0 aliphatic carbocycles. The number of benzene rings is 1. The van der Waals surface area contributed by atoms with E-state index in [2.05, 4.69) is 57.3 Å². The lowest BCUT2D eigenvalue weighted by atomic mass is 9.91. The molecule has 20 heavy (non-hydrogen) atoms. The van der Waals surface area contributed by atoms with Gasteiger partial charge in [0.05, 0.1) is 0 Å². The van der Waals surface area contributed by atoms with Crippen LogP contribution in [0, 0.1) is 12.8 Å². The van der Waals surface area contributed by atoms with Gasteiger partial charge in [0.2, 0.25) is 0 Å². The first-order chi connectivity index (χ1) is 9.69. The fraction of sp³-hybridized carbons (Fsp3) is 0.684. The van der Waals surface area contributed by atoms with Gasteiger partial charge in [-0.15, -0.1) is 0 Å². The summed E-state index contributed by atoms with van der Waals surface area (Å²) in [6.45, 7) is 10.2. The van der Waals surface area contributed by atoms with E-state index >= 15 is 0 Å². The Labute approximate surface area is 126 Å². The highest BCUT2D eigenvalue weighted by molar-refractivity contribution is 5.21. The Kier molecular flexibility index (Phi) is 8.60. The molecule has 0 amide bonds. The van der Waals surface area contributed by atoms with Gasteiger partial charge >= 0.3 is 0 Å². The van der Waals surface area contributed by atoms with Crippen LogP contribution in [0.5, 0.6) is 0 Å². The van der Waals surface area contributed by atoms with Crippen LogP contribution in [0.1, 0.15) is 64.0 Å². The molecule has 0 saturated carbocycles. The Balaban J connectivity index is 2.48. The Morgan fingerprint density at radius 1 is 1.00 bits per heavy atom. The van der Waals surface area contributed by atoms with Gasteiger partial charge in [0.15, 0.2) is 0 Å². The van der Waals surface area contributed by atoms with Crippen LogP contribution < -0.4 is 5.32 Å². The van der Waals surface area contributed by atoms with Gasteiger partial charge in [0.25, 0.3) is 0 Å². The molecule has 0 bridgehead atoms. The van der Waals surface area contributed by atoms with Crippen LogP contribution in [0.2, 0.25) is 0 Å². The molecule has 1 nitrogen and oxygen atoms in total. The monoisotopic (exact) mass is 275 g/mol. The zero-order chi connectivity index (χ0) is 14.8. The Hall–Kier alpha value is -0.820. The molecule has 1 atom stereocenters. The molecule has 0 aliphatic heterocycles. The number of rotatable bonds is 10. The highest BCUT2D eigenvalue weighted by Crippen LogP contribution is 2.18. The third-order valence-electron chi connectivity index (χ3n) is 4.36. The smallest absolute Gasteiger partial charge is 0.00728 e. The summed E-state index contributed by atoms with van der Waals surface area (Å²) in [6, 6.07) is 9.70. The van der Waals surface area contributed by atoms with E-state index in [1.54, 1.807) is 0 Å². The zero-order valence-electron chi connectivity index (χ0n) is 13.9. The summed E-state index contributed by atoms with van der Waals surface area (Å²) in [5.41, 5.74) is 2.83. The summed E-state index contributed by atoms with van der Waals surface area (Å²) in [5, 5.41) is 3.75. The van der Waals surface area contributed by atoms with Crippen LogP contribution in [0.3, 0.4) is 0 Å². The van der Waals surface area contributed by atoms with Gasteiger partial charge in [-0.2, -0.15) is 0 Å². The molecule has 114 valence electrons. The molecule has 0 spiro atoms. The topological polar surface area (TPSA) is 12.0 Å². The van der Waals surface area contributed by atoms with Crippen LogP contribution in [0.15, 0.2) is 24.3 Å². The van der Waals surface area contributed by atoms with Crippen molar-refractivity contribution in [1.29, 1.82) is 0 Å². The van der Waals surface area contributed by atoms with Gasteiger partial charge in [-0.05, 0) is 50.6 Å². The molecule has 0 saturated heterocycles. The molecule has 1 unspecified atom stereocenters. The van der Waals surface area contributed by atoms with Crippen LogP contribution in [0.4, 0.5) is 0 Å². The van der Waals surface area contributed by atoms with E-state index in [9.17, 15) is 0 Å². The molecule has 1 heteroatoms. The number of aryl methyl sites for hydroxylation is 2. The van der Waals surface area contributed by atoms with Crippen LogP contribution >= 0.6 is 0 Å². The first kappa shape index (κ1) is 17.2. The minimum absolute atomic E-state index is 0.682. The van der Waals surface area contributed by atoms with Crippen molar-refractivity contribution in [2.24, 2.45) is 5.92 Å². The maximum Gasteiger partial charge on any atom is 0.00728 e. The van der Waals surface area contributed by atoms with E-state index in [0.29, 0.717) is 6.04 Å². The average molecular weight is 275 g/mol. The predicted molar refractivity (Wildman–Crippen MR) is 90.3 cm³/mol. The van der Waals surface area contributed by atoms with Gasteiger partial charge in [-0.1, -0.05) is 63.4 Å². The van der Waals surface area contributed by atoms with Crippen molar-refractivity contribution in [3.05, 3.63) is 35.4 Å². The minimum atomic E-state index is 0.682. The molecule has 0 fully saturated rings. The second-order valence-electron chi connectivity index (χ2n) is 6.09. The number of hydrogen-bond donors (Lipinski definition) is 1. The molecule has 1 N–H and O–H groups in total. The van der Waals surface area contributed by atoms with Crippen LogP contribution in [0.25, 0.3) is 0 Å². The highest BCUT2D eigenvalue weighted by Gasteiger charge is 2.13. The lowest BCUT2D eigenvalue weighted by Crippen LogP contribution is -2.32. The Morgan fingerprint density at radius 2 is 1.65 bits per heavy atom. The standard InChI is InChI=1S/C19H33N/c1-5-14-20-19(15-17(6-2)7-3)13-12-18-10-8-16(4)9-11-18/h8-11,17,19-20H,5-7,12-15H2,1-4H3. The van der Waals surface area contributed by atoms with Gasteiger partial charge in [-0.25, -0.2) is 0 Å².